The largest absolute Gasteiger partial charge is 0.352 e. The normalized spacial score (nSPS) is 12.0. The number of nitrogens with one attached hydrogen (secondary N) is 1. The Balaban J connectivity index is 1.74. The van der Waals surface area contributed by atoms with E-state index >= 15 is 0 Å². The summed E-state index contributed by atoms with van der Waals surface area (Å²) in [6, 6.07) is 17.2. The molecule has 0 radical (unpaired) electrons. The van der Waals surface area contributed by atoms with Crippen molar-refractivity contribution in [2.45, 2.75) is 20.4 Å². The van der Waals surface area contributed by atoms with Gasteiger partial charge in [-0.3, -0.25) is 9.59 Å². The fraction of sp³-hybridized carbons (Fsp3) is 0.160. The molecule has 2 aromatic heterocycles. The van der Waals surface area contributed by atoms with Gasteiger partial charge in [-0.25, -0.2) is 0 Å². The Bertz CT molecular complexity index is 1360. The summed E-state index contributed by atoms with van der Waals surface area (Å²) >= 11 is 0. The van der Waals surface area contributed by atoms with E-state index in [0.29, 0.717) is 12.1 Å². The topological polar surface area (TPSA) is 78.7 Å². The predicted molar refractivity (Wildman–Crippen MR) is 118 cm³/mol. The van der Waals surface area contributed by atoms with Crippen molar-refractivity contribution in [2.24, 2.45) is 5.92 Å². The maximum Gasteiger partial charge on any atom is 0.204 e. The van der Waals surface area contributed by atoms with Gasteiger partial charge >= 0.3 is 0 Å². The molecule has 0 aliphatic rings. The van der Waals surface area contributed by atoms with Crippen molar-refractivity contribution in [1.82, 2.24) is 9.55 Å². The van der Waals surface area contributed by atoms with Crippen molar-refractivity contribution in [3.63, 3.8) is 0 Å². The highest BCUT2D eigenvalue weighted by molar-refractivity contribution is 6.19. The van der Waals surface area contributed by atoms with E-state index < -0.39 is 17.5 Å². The summed E-state index contributed by atoms with van der Waals surface area (Å²) in [5.74, 6) is -2.40. The molecule has 148 valence electrons. The van der Waals surface area contributed by atoms with Gasteiger partial charge in [0.15, 0.2) is 11.7 Å². The first-order valence-corrected chi connectivity index (χ1v) is 9.72. The predicted octanol–water partition coefficient (Wildman–Crippen LogP) is 5.13. The number of aromatic amines is 1. The highest BCUT2D eigenvalue weighted by atomic mass is 16.2. The number of allylic oxidation sites excluding steroid dienone is 1. The first-order valence-electron chi connectivity index (χ1n) is 9.72. The van der Waals surface area contributed by atoms with Crippen LogP contribution in [0.25, 0.3) is 21.7 Å². The molecule has 0 saturated carbocycles. The number of aromatic nitrogens is 2. The van der Waals surface area contributed by atoms with Crippen molar-refractivity contribution in [3.05, 3.63) is 83.8 Å². The Labute approximate surface area is 174 Å². The van der Waals surface area contributed by atoms with E-state index in [1.165, 1.54) is 0 Å². The zero-order chi connectivity index (χ0) is 21.4. The molecule has 5 heteroatoms. The number of fused-ring (bicyclic) bond motifs is 3. The van der Waals surface area contributed by atoms with Gasteiger partial charge in [0.2, 0.25) is 5.78 Å². The molecule has 0 saturated heterocycles. The minimum atomic E-state index is -1.40. The highest BCUT2D eigenvalue weighted by Crippen LogP contribution is 2.28. The van der Waals surface area contributed by atoms with Gasteiger partial charge in [0.25, 0.3) is 0 Å². The molecule has 4 rings (SSSR count). The Morgan fingerprint density at radius 3 is 2.63 bits per heavy atom. The minimum Gasteiger partial charge on any atom is -0.352 e. The number of carbonyl (C=O) groups is 2. The van der Waals surface area contributed by atoms with Crippen molar-refractivity contribution in [1.29, 1.82) is 5.26 Å². The Morgan fingerprint density at radius 1 is 1.13 bits per heavy atom. The van der Waals surface area contributed by atoms with Gasteiger partial charge in [0.1, 0.15) is 0 Å². The lowest BCUT2D eigenvalue weighted by molar-refractivity contribution is 0.0843. The van der Waals surface area contributed by atoms with Crippen molar-refractivity contribution in [3.8, 4) is 6.07 Å². The summed E-state index contributed by atoms with van der Waals surface area (Å²) in [6.45, 7) is 8.00. The summed E-state index contributed by atoms with van der Waals surface area (Å²) in [5.41, 5.74) is 3.08. The van der Waals surface area contributed by atoms with Crippen LogP contribution in [0.3, 0.4) is 0 Å². The molecular formula is C25H21N3O2. The molecule has 0 unspecified atom stereocenters. The van der Waals surface area contributed by atoms with Crippen LogP contribution in [-0.4, -0.2) is 21.1 Å². The van der Waals surface area contributed by atoms with Crippen LogP contribution in [0.1, 0.15) is 32.2 Å². The maximum atomic E-state index is 13.1. The molecule has 0 spiro atoms. The van der Waals surface area contributed by atoms with Gasteiger partial charge in [-0.15, -0.1) is 6.58 Å². The number of Topliss-reactive ketones (excluding diaryl/α,β-unsaturated/α-hetero) is 2. The van der Waals surface area contributed by atoms with E-state index in [4.69, 9.17) is 0 Å². The molecule has 2 aromatic carbocycles. The monoisotopic (exact) mass is 395 g/mol. The lowest BCUT2D eigenvalue weighted by atomic mass is 9.93. The molecule has 2 heterocycles. The SMILES string of the molecule is C=CCn1c(C)cc(C(=O)[C@@H](C#N)C(=O)c2cc3c(ccc4ccccc43)[nH]2)c1C. The molecule has 0 aliphatic heterocycles. The first-order chi connectivity index (χ1) is 14.5. The molecule has 0 aliphatic carbocycles. The van der Waals surface area contributed by atoms with Crippen molar-refractivity contribution in [2.75, 3.05) is 0 Å². The van der Waals surface area contributed by atoms with Crippen LogP contribution >= 0.6 is 0 Å². The van der Waals surface area contributed by atoms with Gasteiger partial charge in [0.05, 0.1) is 11.8 Å². The van der Waals surface area contributed by atoms with E-state index in [-0.39, 0.29) is 5.69 Å². The second-order valence-electron chi connectivity index (χ2n) is 7.41. The molecule has 4 aromatic rings. The van der Waals surface area contributed by atoms with Crippen molar-refractivity contribution >= 4 is 33.2 Å². The highest BCUT2D eigenvalue weighted by Gasteiger charge is 2.31. The molecule has 5 nitrogen and oxygen atoms in total. The van der Waals surface area contributed by atoms with E-state index in [0.717, 1.165) is 33.1 Å². The molecule has 1 atom stereocenters. The summed E-state index contributed by atoms with van der Waals surface area (Å²) in [4.78, 5) is 29.3. The van der Waals surface area contributed by atoms with E-state index in [1.54, 1.807) is 18.2 Å². The second-order valence-corrected chi connectivity index (χ2v) is 7.41. The number of aryl methyl sites for hydroxylation is 1. The number of ketones is 2. The van der Waals surface area contributed by atoms with Crippen LogP contribution in [-0.2, 0) is 6.54 Å². The first kappa shape index (κ1) is 19.4. The average Bonchev–Trinajstić information content (AvgIpc) is 3.31. The van der Waals surface area contributed by atoms with Gasteiger partial charge in [-0.2, -0.15) is 5.26 Å². The summed E-state index contributed by atoms with van der Waals surface area (Å²) in [6.07, 6.45) is 1.75. The number of benzene rings is 2. The lowest BCUT2D eigenvalue weighted by Crippen LogP contribution is -2.23. The zero-order valence-electron chi connectivity index (χ0n) is 16.9. The van der Waals surface area contributed by atoms with Crippen LogP contribution < -0.4 is 0 Å². The number of nitriles is 1. The van der Waals surface area contributed by atoms with Gasteiger partial charge in [0, 0.05) is 34.4 Å². The summed E-state index contributed by atoms with van der Waals surface area (Å²) in [7, 11) is 0. The Kier molecular flexibility index (Phi) is 4.85. The molecule has 0 bridgehead atoms. The fourth-order valence-electron chi connectivity index (χ4n) is 4.03. The summed E-state index contributed by atoms with van der Waals surface area (Å²) < 4.78 is 1.94. The third kappa shape index (κ3) is 3.03. The van der Waals surface area contributed by atoms with Crippen LogP contribution in [0.4, 0.5) is 0 Å². The number of carbonyl (C=O) groups excluding carboxylic acids is 2. The van der Waals surface area contributed by atoms with Crippen LogP contribution in [0.5, 0.6) is 0 Å². The van der Waals surface area contributed by atoms with E-state index in [9.17, 15) is 14.9 Å². The molecular weight excluding hydrogens is 374 g/mol. The van der Waals surface area contributed by atoms with Crippen LogP contribution in [0.2, 0.25) is 0 Å². The zero-order valence-corrected chi connectivity index (χ0v) is 16.9. The van der Waals surface area contributed by atoms with Gasteiger partial charge < -0.3 is 9.55 Å². The number of H-pyrrole nitrogens is 1. The van der Waals surface area contributed by atoms with E-state index in [2.05, 4.69) is 11.6 Å². The minimum absolute atomic E-state index is 0.265. The molecule has 0 fully saturated rings. The third-order valence-electron chi connectivity index (χ3n) is 5.60. The Hall–Kier alpha value is -3.91. The van der Waals surface area contributed by atoms with Gasteiger partial charge in [-0.05, 0) is 42.8 Å². The maximum absolute atomic E-state index is 13.1. The Morgan fingerprint density at radius 2 is 1.90 bits per heavy atom. The van der Waals surface area contributed by atoms with Crippen LogP contribution in [0.15, 0.2) is 61.2 Å². The van der Waals surface area contributed by atoms with Crippen LogP contribution in [0, 0.1) is 31.1 Å². The fourth-order valence-corrected chi connectivity index (χ4v) is 4.03. The number of rotatable bonds is 6. The lowest BCUT2D eigenvalue weighted by Gasteiger charge is -2.08. The number of nitrogens with zero attached hydrogens (tertiary/aromatic N) is 2. The van der Waals surface area contributed by atoms with Crippen molar-refractivity contribution < 1.29 is 9.59 Å². The average molecular weight is 395 g/mol. The molecule has 30 heavy (non-hydrogen) atoms. The van der Waals surface area contributed by atoms with Gasteiger partial charge in [-0.1, -0.05) is 36.4 Å². The third-order valence-corrected chi connectivity index (χ3v) is 5.60. The summed E-state index contributed by atoms with van der Waals surface area (Å²) in [5, 5.41) is 12.6. The molecule has 1 N–H and O–H groups in total. The van der Waals surface area contributed by atoms with E-state index in [1.807, 2.05) is 60.9 Å². The molecule has 0 amide bonds. The second kappa shape index (κ2) is 7.49. The smallest absolute Gasteiger partial charge is 0.204 e. The quantitative estimate of drug-likeness (QED) is 0.279. The number of hydrogen-bond acceptors (Lipinski definition) is 3. The standard InChI is InChI=1S/C25H21N3O2/c1-4-11-28-15(2)12-19(16(28)3)24(29)21(14-26)25(30)23-13-20-18-8-6-5-7-17(18)9-10-22(20)27-23/h4-10,12-13,21,27H,1,11H2,2-3H3/t21-/m1/s1. The number of hydrogen-bond donors (Lipinski definition) is 1.